The molecule has 0 saturated carbocycles. The Labute approximate surface area is 142 Å². The van der Waals surface area contributed by atoms with E-state index < -0.39 is 11.8 Å². The minimum absolute atomic E-state index is 0.454. The van der Waals surface area contributed by atoms with Crippen LogP contribution in [0.3, 0.4) is 0 Å². The molecule has 0 radical (unpaired) electrons. The van der Waals surface area contributed by atoms with Crippen molar-refractivity contribution in [2.24, 2.45) is 0 Å². The number of carbonyl (C=O) groups is 2. The molecule has 0 unspecified atom stereocenters. The van der Waals surface area contributed by atoms with Crippen LogP contribution < -0.4 is 15.4 Å². The summed E-state index contributed by atoms with van der Waals surface area (Å²) < 4.78 is 5.14. The standard InChI is InChI=1S/C19H22N2O3/c1-3-4-7-14-10-12-15(13-11-14)20-18(22)19(23)21-16-8-5-6-9-17(16)24-2/h5-6,8-13H,3-4,7H2,1-2H3,(H,20,22)(H,21,23). The molecular formula is C19H22N2O3. The molecule has 0 saturated heterocycles. The Hall–Kier alpha value is -2.82. The van der Waals surface area contributed by atoms with Crippen LogP contribution in [-0.4, -0.2) is 18.9 Å². The molecule has 2 amide bonds. The van der Waals surface area contributed by atoms with E-state index in [4.69, 9.17) is 4.74 Å². The Balaban J connectivity index is 1.95. The number of aryl methyl sites for hydroxylation is 1. The lowest BCUT2D eigenvalue weighted by molar-refractivity contribution is -0.133. The van der Waals surface area contributed by atoms with Gasteiger partial charge in [-0.25, -0.2) is 0 Å². The van der Waals surface area contributed by atoms with E-state index in [1.165, 1.54) is 12.7 Å². The molecule has 126 valence electrons. The van der Waals surface area contributed by atoms with Crippen LogP contribution in [0.2, 0.25) is 0 Å². The summed E-state index contributed by atoms with van der Waals surface area (Å²) in [5, 5.41) is 5.14. The van der Waals surface area contributed by atoms with Gasteiger partial charge in [-0.2, -0.15) is 0 Å². The number of anilines is 2. The summed E-state index contributed by atoms with van der Waals surface area (Å²) in [6, 6.07) is 14.5. The number of rotatable bonds is 6. The SMILES string of the molecule is CCCCc1ccc(NC(=O)C(=O)Nc2ccccc2OC)cc1. The highest BCUT2D eigenvalue weighted by atomic mass is 16.5. The van der Waals surface area contributed by atoms with Gasteiger partial charge >= 0.3 is 11.8 Å². The van der Waals surface area contributed by atoms with Gasteiger partial charge in [0.1, 0.15) is 5.75 Å². The van der Waals surface area contributed by atoms with Gasteiger partial charge in [0.15, 0.2) is 0 Å². The third-order valence-corrected chi connectivity index (χ3v) is 3.59. The molecule has 5 heteroatoms. The van der Waals surface area contributed by atoms with Gasteiger partial charge < -0.3 is 15.4 Å². The van der Waals surface area contributed by atoms with E-state index in [1.807, 2.05) is 12.1 Å². The lowest BCUT2D eigenvalue weighted by Gasteiger charge is -2.10. The van der Waals surface area contributed by atoms with Gasteiger partial charge in [-0.05, 0) is 42.7 Å². The van der Waals surface area contributed by atoms with Gasteiger partial charge in [-0.1, -0.05) is 37.6 Å². The highest BCUT2D eigenvalue weighted by Gasteiger charge is 2.15. The third kappa shape index (κ3) is 4.84. The molecule has 0 aliphatic carbocycles. The van der Waals surface area contributed by atoms with Crippen LogP contribution in [0.1, 0.15) is 25.3 Å². The smallest absolute Gasteiger partial charge is 0.314 e. The first-order valence-corrected chi connectivity index (χ1v) is 7.98. The van der Waals surface area contributed by atoms with Gasteiger partial charge in [0.2, 0.25) is 0 Å². The first-order chi connectivity index (χ1) is 11.6. The number of nitrogens with one attached hydrogen (secondary N) is 2. The van der Waals surface area contributed by atoms with E-state index >= 15 is 0 Å². The second kappa shape index (κ2) is 8.72. The van der Waals surface area contributed by atoms with Crippen molar-refractivity contribution in [3.8, 4) is 5.75 Å². The van der Waals surface area contributed by atoms with E-state index in [1.54, 1.807) is 36.4 Å². The lowest BCUT2D eigenvalue weighted by atomic mass is 10.1. The zero-order valence-corrected chi connectivity index (χ0v) is 14.0. The van der Waals surface area contributed by atoms with E-state index in [0.29, 0.717) is 17.1 Å². The summed E-state index contributed by atoms with van der Waals surface area (Å²) in [7, 11) is 1.51. The number of methoxy groups -OCH3 is 1. The number of para-hydroxylation sites is 2. The van der Waals surface area contributed by atoms with Crippen LogP contribution >= 0.6 is 0 Å². The average molecular weight is 326 g/mol. The number of carbonyl (C=O) groups excluding carboxylic acids is 2. The normalized spacial score (nSPS) is 10.1. The zero-order chi connectivity index (χ0) is 17.4. The molecule has 0 aliphatic rings. The van der Waals surface area contributed by atoms with E-state index in [-0.39, 0.29) is 0 Å². The fourth-order valence-corrected chi connectivity index (χ4v) is 2.25. The molecule has 2 aromatic carbocycles. The fourth-order valence-electron chi connectivity index (χ4n) is 2.25. The topological polar surface area (TPSA) is 67.4 Å². The second-order valence-electron chi connectivity index (χ2n) is 5.41. The molecule has 2 aromatic rings. The average Bonchev–Trinajstić information content (AvgIpc) is 2.61. The quantitative estimate of drug-likeness (QED) is 0.797. The summed E-state index contributed by atoms with van der Waals surface area (Å²) in [5.41, 5.74) is 2.26. The van der Waals surface area contributed by atoms with Crippen LogP contribution in [0.4, 0.5) is 11.4 Å². The fraction of sp³-hybridized carbons (Fsp3) is 0.263. The first-order valence-electron chi connectivity index (χ1n) is 7.98. The van der Waals surface area contributed by atoms with Crippen molar-refractivity contribution < 1.29 is 14.3 Å². The minimum atomic E-state index is -0.741. The highest BCUT2D eigenvalue weighted by molar-refractivity contribution is 6.43. The Morgan fingerprint density at radius 1 is 0.958 bits per heavy atom. The Morgan fingerprint density at radius 3 is 2.29 bits per heavy atom. The van der Waals surface area contributed by atoms with Crippen molar-refractivity contribution >= 4 is 23.2 Å². The van der Waals surface area contributed by atoms with E-state index in [0.717, 1.165) is 19.3 Å². The molecular weight excluding hydrogens is 304 g/mol. The molecule has 24 heavy (non-hydrogen) atoms. The summed E-state index contributed by atoms with van der Waals surface area (Å²) in [5.74, 6) is -0.962. The second-order valence-corrected chi connectivity index (χ2v) is 5.41. The zero-order valence-electron chi connectivity index (χ0n) is 14.0. The summed E-state index contributed by atoms with van der Waals surface area (Å²) in [6.07, 6.45) is 3.29. The van der Waals surface area contributed by atoms with Gasteiger partial charge in [-0.15, -0.1) is 0 Å². The molecule has 0 fully saturated rings. The molecule has 0 heterocycles. The van der Waals surface area contributed by atoms with E-state index in [2.05, 4.69) is 17.6 Å². The number of hydrogen-bond acceptors (Lipinski definition) is 3. The predicted molar refractivity (Wildman–Crippen MR) is 95.3 cm³/mol. The summed E-state index contributed by atoms with van der Waals surface area (Å²) in [6.45, 7) is 2.15. The number of ether oxygens (including phenoxy) is 1. The number of unbranched alkanes of at least 4 members (excludes halogenated alkanes) is 1. The van der Waals surface area contributed by atoms with Crippen LogP contribution in [0.25, 0.3) is 0 Å². The Bertz CT molecular complexity index is 696. The number of benzene rings is 2. The molecule has 0 spiro atoms. The van der Waals surface area contributed by atoms with Crippen molar-refractivity contribution in [3.05, 3.63) is 54.1 Å². The molecule has 0 atom stereocenters. The molecule has 0 aromatic heterocycles. The number of amides is 2. The number of hydrogen-bond donors (Lipinski definition) is 2. The molecule has 0 bridgehead atoms. The third-order valence-electron chi connectivity index (χ3n) is 3.59. The predicted octanol–water partition coefficient (Wildman–Crippen LogP) is 3.62. The maximum atomic E-state index is 12.0. The van der Waals surface area contributed by atoms with Crippen molar-refractivity contribution in [3.63, 3.8) is 0 Å². The van der Waals surface area contributed by atoms with Crippen LogP contribution in [0, 0.1) is 0 Å². The van der Waals surface area contributed by atoms with Crippen LogP contribution in [-0.2, 0) is 16.0 Å². The summed E-state index contributed by atoms with van der Waals surface area (Å²) >= 11 is 0. The Kier molecular flexibility index (Phi) is 6.37. The summed E-state index contributed by atoms with van der Waals surface area (Å²) in [4.78, 5) is 24.0. The van der Waals surface area contributed by atoms with E-state index in [9.17, 15) is 9.59 Å². The Morgan fingerprint density at radius 2 is 1.62 bits per heavy atom. The molecule has 2 N–H and O–H groups in total. The van der Waals surface area contributed by atoms with Crippen LogP contribution in [0.5, 0.6) is 5.75 Å². The minimum Gasteiger partial charge on any atom is -0.495 e. The largest absolute Gasteiger partial charge is 0.495 e. The van der Waals surface area contributed by atoms with Crippen molar-refractivity contribution in [2.45, 2.75) is 26.2 Å². The van der Waals surface area contributed by atoms with Gasteiger partial charge in [0, 0.05) is 5.69 Å². The molecule has 0 aliphatic heterocycles. The highest BCUT2D eigenvalue weighted by Crippen LogP contribution is 2.22. The monoisotopic (exact) mass is 326 g/mol. The van der Waals surface area contributed by atoms with Crippen molar-refractivity contribution in [1.29, 1.82) is 0 Å². The maximum absolute atomic E-state index is 12.0. The molecule has 5 nitrogen and oxygen atoms in total. The lowest BCUT2D eigenvalue weighted by Crippen LogP contribution is -2.29. The van der Waals surface area contributed by atoms with Gasteiger partial charge in [-0.3, -0.25) is 9.59 Å². The maximum Gasteiger partial charge on any atom is 0.314 e. The van der Waals surface area contributed by atoms with Gasteiger partial charge in [0.05, 0.1) is 12.8 Å². The van der Waals surface area contributed by atoms with Crippen LogP contribution in [0.15, 0.2) is 48.5 Å². The van der Waals surface area contributed by atoms with Gasteiger partial charge in [0.25, 0.3) is 0 Å². The van der Waals surface area contributed by atoms with Crippen molar-refractivity contribution in [2.75, 3.05) is 17.7 Å². The van der Waals surface area contributed by atoms with Crippen molar-refractivity contribution in [1.82, 2.24) is 0 Å². The molecule has 2 rings (SSSR count). The first kappa shape index (κ1) is 17.5.